The molecule has 0 saturated heterocycles. The van der Waals surface area contributed by atoms with Crippen LogP contribution in [0.3, 0.4) is 0 Å². The van der Waals surface area contributed by atoms with Crippen LogP contribution in [0.1, 0.15) is 23.1 Å². The maximum Gasteiger partial charge on any atom is 0.378 e. The number of rotatable bonds is 5. The fourth-order valence-corrected chi connectivity index (χ4v) is 2.07. The Morgan fingerprint density at radius 1 is 1.59 bits per heavy atom. The van der Waals surface area contributed by atoms with Crippen LogP contribution in [0.25, 0.3) is 0 Å². The van der Waals surface area contributed by atoms with E-state index < -0.39 is 5.97 Å². The van der Waals surface area contributed by atoms with Crippen LogP contribution in [0, 0.1) is 0 Å². The van der Waals surface area contributed by atoms with E-state index in [1.54, 1.807) is 18.3 Å². The molecule has 7 heteroatoms. The Balaban J connectivity index is 2.01. The first-order valence-corrected chi connectivity index (χ1v) is 6.20. The molecule has 0 spiro atoms. The minimum absolute atomic E-state index is 0.155. The Hall–Kier alpha value is -1.76. The topological polar surface area (TPSA) is 69.9 Å². The summed E-state index contributed by atoms with van der Waals surface area (Å²) in [6, 6.07) is 2.04. The summed E-state index contributed by atoms with van der Waals surface area (Å²) in [5.74, 6) is -0.329. The highest BCUT2D eigenvalue weighted by atomic mass is 32.1. The first-order chi connectivity index (χ1) is 8.31. The van der Waals surface area contributed by atoms with Crippen LogP contribution in [0.2, 0.25) is 0 Å². The molecule has 17 heavy (non-hydrogen) atoms. The molecule has 0 amide bonds. The van der Waals surface area contributed by atoms with Crippen molar-refractivity contribution < 1.29 is 9.53 Å². The normalized spacial score (nSPS) is 10.4. The summed E-state index contributed by atoms with van der Waals surface area (Å²) in [6.45, 7) is 2.63. The Morgan fingerprint density at radius 2 is 2.47 bits per heavy atom. The minimum atomic E-state index is -0.484. The molecule has 6 nitrogen and oxygen atoms in total. The van der Waals surface area contributed by atoms with E-state index in [1.165, 1.54) is 10.2 Å². The summed E-state index contributed by atoms with van der Waals surface area (Å²) < 4.78 is 6.33. The zero-order chi connectivity index (χ0) is 12.1. The number of aromatic nitrogens is 4. The SMILES string of the molecule is CCOC(=O)c1nnnn1CCc1ccsc1. The van der Waals surface area contributed by atoms with Gasteiger partial charge in [0.15, 0.2) is 0 Å². The lowest BCUT2D eigenvalue weighted by Crippen LogP contribution is -2.15. The largest absolute Gasteiger partial charge is 0.460 e. The zero-order valence-corrected chi connectivity index (χ0v) is 10.2. The van der Waals surface area contributed by atoms with E-state index in [0.29, 0.717) is 13.2 Å². The number of nitrogens with zero attached hydrogens (tertiary/aromatic N) is 4. The van der Waals surface area contributed by atoms with Gasteiger partial charge in [0.2, 0.25) is 0 Å². The molecule has 2 rings (SSSR count). The van der Waals surface area contributed by atoms with E-state index in [4.69, 9.17) is 4.74 Å². The van der Waals surface area contributed by atoms with Crippen LogP contribution in [0.4, 0.5) is 0 Å². The second kappa shape index (κ2) is 5.53. The van der Waals surface area contributed by atoms with Crippen molar-refractivity contribution in [1.82, 2.24) is 20.2 Å². The van der Waals surface area contributed by atoms with Gasteiger partial charge in [-0.25, -0.2) is 9.48 Å². The molecule has 0 fully saturated rings. The van der Waals surface area contributed by atoms with Crippen LogP contribution in [0.15, 0.2) is 16.8 Å². The van der Waals surface area contributed by atoms with E-state index in [9.17, 15) is 4.79 Å². The zero-order valence-electron chi connectivity index (χ0n) is 9.37. The third kappa shape index (κ3) is 2.88. The van der Waals surface area contributed by atoms with E-state index >= 15 is 0 Å². The van der Waals surface area contributed by atoms with E-state index in [0.717, 1.165) is 6.42 Å². The quantitative estimate of drug-likeness (QED) is 0.747. The number of hydrogen-bond acceptors (Lipinski definition) is 6. The van der Waals surface area contributed by atoms with Gasteiger partial charge < -0.3 is 4.74 Å². The highest BCUT2D eigenvalue weighted by Crippen LogP contribution is 2.08. The molecule has 0 radical (unpaired) electrons. The summed E-state index contributed by atoms with van der Waals surface area (Å²) in [7, 11) is 0. The van der Waals surface area contributed by atoms with Gasteiger partial charge in [-0.1, -0.05) is 0 Å². The number of carbonyl (C=O) groups is 1. The van der Waals surface area contributed by atoms with Gasteiger partial charge in [-0.15, -0.1) is 5.10 Å². The molecule has 0 saturated carbocycles. The average molecular weight is 252 g/mol. The van der Waals surface area contributed by atoms with Crippen LogP contribution in [0.5, 0.6) is 0 Å². The van der Waals surface area contributed by atoms with Crippen LogP contribution < -0.4 is 0 Å². The third-order valence-corrected chi connectivity index (χ3v) is 2.91. The summed E-state index contributed by atoms with van der Waals surface area (Å²) in [5.41, 5.74) is 1.21. The van der Waals surface area contributed by atoms with Crippen molar-refractivity contribution in [2.45, 2.75) is 19.9 Å². The third-order valence-electron chi connectivity index (χ3n) is 2.18. The Morgan fingerprint density at radius 3 is 3.18 bits per heavy atom. The molecule has 2 aromatic heterocycles. The van der Waals surface area contributed by atoms with Crippen LogP contribution in [-0.4, -0.2) is 32.8 Å². The summed E-state index contributed by atoms with van der Waals surface area (Å²) >= 11 is 1.64. The number of carbonyl (C=O) groups excluding carboxylic acids is 1. The van der Waals surface area contributed by atoms with Crippen molar-refractivity contribution in [2.75, 3.05) is 6.61 Å². The number of aryl methyl sites for hydroxylation is 2. The first-order valence-electron chi connectivity index (χ1n) is 5.25. The van der Waals surface area contributed by atoms with Gasteiger partial charge in [0.1, 0.15) is 0 Å². The smallest absolute Gasteiger partial charge is 0.378 e. The molecule has 0 aromatic carbocycles. The molecule has 0 aliphatic rings. The van der Waals surface area contributed by atoms with Crippen molar-refractivity contribution in [3.63, 3.8) is 0 Å². The lowest BCUT2D eigenvalue weighted by molar-refractivity contribution is 0.0504. The Kier molecular flexibility index (Phi) is 3.81. The molecule has 2 aromatic rings. The number of hydrogen-bond donors (Lipinski definition) is 0. The monoisotopic (exact) mass is 252 g/mol. The van der Waals surface area contributed by atoms with Gasteiger partial charge in [-0.3, -0.25) is 0 Å². The molecule has 0 N–H and O–H groups in total. The summed E-state index contributed by atoms with van der Waals surface area (Å²) in [4.78, 5) is 11.5. The van der Waals surface area contributed by atoms with E-state index in [1.807, 2.05) is 11.4 Å². The van der Waals surface area contributed by atoms with Gasteiger partial charge in [-0.05, 0) is 46.2 Å². The second-order valence-corrected chi connectivity index (χ2v) is 4.11. The van der Waals surface area contributed by atoms with Crippen molar-refractivity contribution in [3.8, 4) is 0 Å². The number of thiophene rings is 1. The lowest BCUT2D eigenvalue weighted by atomic mass is 10.2. The molecular weight excluding hydrogens is 240 g/mol. The predicted molar refractivity (Wildman–Crippen MR) is 61.8 cm³/mol. The Labute approximate surface area is 102 Å². The minimum Gasteiger partial charge on any atom is -0.460 e. The van der Waals surface area contributed by atoms with Crippen molar-refractivity contribution in [3.05, 3.63) is 28.2 Å². The van der Waals surface area contributed by atoms with Gasteiger partial charge in [0.25, 0.3) is 5.82 Å². The lowest BCUT2D eigenvalue weighted by Gasteiger charge is -2.02. The van der Waals surface area contributed by atoms with Gasteiger partial charge in [0.05, 0.1) is 6.61 Å². The molecule has 0 aliphatic carbocycles. The number of tetrazole rings is 1. The fraction of sp³-hybridized carbons (Fsp3) is 0.400. The maximum absolute atomic E-state index is 11.5. The summed E-state index contributed by atoms with van der Waals surface area (Å²) in [5, 5.41) is 15.0. The van der Waals surface area contributed by atoms with Crippen molar-refractivity contribution in [1.29, 1.82) is 0 Å². The van der Waals surface area contributed by atoms with Crippen molar-refractivity contribution in [2.24, 2.45) is 0 Å². The molecule has 0 bridgehead atoms. The second-order valence-electron chi connectivity index (χ2n) is 3.33. The molecule has 0 aliphatic heterocycles. The number of esters is 1. The molecule has 0 unspecified atom stereocenters. The highest BCUT2D eigenvalue weighted by Gasteiger charge is 2.16. The molecule has 2 heterocycles. The Bertz CT molecular complexity index is 480. The molecule has 0 atom stereocenters. The first kappa shape index (κ1) is 11.7. The average Bonchev–Trinajstić information content (AvgIpc) is 2.98. The van der Waals surface area contributed by atoms with Crippen molar-refractivity contribution >= 4 is 17.3 Å². The maximum atomic E-state index is 11.5. The van der Waals surface area contributed by atoms with Crippen LogP contribution in [-0.2, 0) is 17.7 Å². The van der Waals surface area contributed by atoms with Gasteiger partial charge in [0, 0.05) is 6.54 Å². The standard InChI is InChI=1S/C10H12N4O2S/c1-2-16-10(15)9-11-12-13-14(9)5-3-8-4-6-17-7-8/h4,6-7H,2-3,5H2,1H3. The number of ether oxygens (including phenoxy) is 1. The molecular formula is C10H12N4O2S. The van der Waals surface area contributed by atoms with E-state index in [2.05, 4.69) is 20.9 Å². The van der Waals surface area contributed by atoms with E-state index in [-0.39, 0.29) is 5.82 Å². The van der Waals surface area contributed by atoms with Crippen LogP contribution >= 0.6 is 11.3 Å². The fourth-order valence-electron chi connectivity index (χ4n) is 1.37. The van der Waals surface area contributed by atoms with Gasteiger partial charge in [-0.2, -0.15) is 11.3 Å². The highest BCUT2D eigenvalue weighted by molar-refractivity contribution is 7.07. The molecule has 90 valence electrons. The summed E-state index contributed by atoms with van der Waals surface area (Å²) in [6.07, 6.45) is 0.793. The predicted octanol–water partition coefficient (Wildman–Crippen LogP) is 1.15. The van der Waals surface area contributed by atoms with Gasteiger partial charge >= 0.3 is 5.97 Å².